The average Bonchev–Trinajstić information content (AvgIpc) is 2.52. The standard InChI is InChI=1S/C15H20ClN3O4S/c1-24(22,23)19-7-5-11(6-8-19)10-17-14(20)15(21)18-13-4-2-3-12(16)9-13/h2-4,9,11H,5-8,10H2,1H3,(H,17,20)(H,18,21). The molecule has 1 saturated heterocycles. The lowest BCUT2D eigenvalue weighted by Gasteiger charge is -2.30. The Morgan fingerprint density at radius 3 is 2.50 bits per heavy atom. The van der Waals surface area contributed by atoms with Crippen LogP contribution in [0.2, 0.25) is 5.02 Å². The molecule has 0 bridgehead atoms. The fourth-order valence-corrected chi connectivity index (χ4v) is 3.58. The number of anilines is 1. The first-order valence-electron chi connectivity index (χ1n) is 7.55. The third-order valence-electron chi connectivity index (χ3n) is 3.88. The van der Waals surface area contributed by atoms with E-state index in [2.05, 4.69) is 10.6 Å². The van der Waals surface area contributed by atoms with E-state index in [1.54, 1.807) is 24.3 Å². The van der Waals surface area contributed by atoms with Gasteiger partial charge in [0.25, 0.3) is 0 Å². The zero-order chi connectivity index (χ0) is 17.7. The summed E-state index contributed by atoms with van der Waals surface area (Å²) in [6.45, 7) is 1.22. The van der Waals surface area contributed by atoms with E-state index in [0.29, 0.717) is 43.2 Å². The predicted octanol–water partition coefficient (Wildman–Crippen LogP) is 1.07. The summed E-state index contributed by atoms with van der Waals surface area (Å²) in [5.74, 6) is -1.32. The zero-order valence-corrected chi connectivity index (χ0v) is 14.9. The van der Waals surface area contributed by atoms with Crippen LogP contribution in [0.5, 0.6) is 0 Å². The van der Waals surface area contributed by atoms with Crippen LogP contribution in [-0.4, -0.2) is 50.4 Å². The molecule has 0 spiro atoms. The largest absolute Gasteiger partial charge is 0.348 e. The molecule has 2 amide bonds. The Hall–Kier alpha value is -1.64. The Morgan fingerprint density at radius 2 is 1.92 bits per heavy atom. The summed E-state index contributed by atoms with van der Waals surface area (Å²) in [6.07, 6.45) is 2.50. The normalized spacial score (nSPS) is 16.6. The van der Waals surface area contributed by atoms with Gasteiger partial charge < -0.3 is 10.6 Å². The van der Waals surface area contributed by atoms with E-state index >= 15 is 0 Å². The monoisotopic (exact) mass is 373 g/mol. The fraction of sp³-hybridized carbons (Fsp3) is 0.467. The van der Waals surface area contributed by atoms with E-state index in [1.165, 1.54) is 10.6 Å². The van der Waals surface area contributed by atoms with Crippen LogP contribution in [0.15, 0.2) is 24.3 Å². The molecule has 1 aromatic rings. The Kier molecular flexibility index (Phi) is 6.20. The van der Waals surface area contributed by atoms with E-state index in [9.17, 15) is 18.0 Å². The van der Waals surface area contributed by atoms with Gasteiger partial charge in [0.2, 0.25) is 10.0 Å². The van der Waals surface area contributed by atoms with Crippen LogP contribution in [0.1, 0.15) is 12.8 Å². The number of hydrogen-bond donors (Lipinski definition) is 2. The van der Waals surface area contributed by atoms with E-state index in [-0.39, 0.29) is 5.92 Å². The highest BCUT2D eigenvalue weighted by molar-refractivity contribution is 7.88. The molecule has 9 heteroatoms. The summed E-state index contributed by atoms with van der Waals surface area (Å²) in [4.78, 5) is 23.7. The van der Waals surface area contributed by atoms with Crippen molar-refractivity contribution in [3.8, 4) is 0 Å². The van der Waals surface area contributed by atoms with Crippen LogP contribution in [0.4, 0.5) is 5.69 Å². The molecule has 24 heavy (non-hydrogen) atoms. The molecule has 1 aliphatic rings. The first-order chi connectivity index (χ1) is 11.3. The van der Waals surface area contributed by atoms with Gasteiger partial charge in [-0.25, -0.2) is 12.7 Å². The smallest absolute Gasteiger partial charge is 0.313 e. The summed E-state index contributed by atoms with van der Waals surface area (Å²) in [6, 6.07) is 6.52. The van der Waals surface area contributed by atoms with Crippen LogP contribution in [0, 0.1) is 5.92 Å². The first-order valence-corrected chi connectivity index (χ1v) is 9.78. The van der Waals surface area contributed by atoms with Gasteiger partial charge >= 0.3 is 11.8 Å². The molecular formula is C15H20ClN3O4S. The van der Waals surface area contributed by atoms with Crippen molar-refractivity contribution in [1.82, 2.24) is 9.62 Å². The number of carbonyl (C=O) groups is 2. The lowest BCUT2D eigenvalue weighted by molar-refractivity contribution is -0.136. The van der Waals surface area contributed by atoms with Gasteiger partial charge in [-0.1, -0.05) is 17.7 Å². The van der Waals surface area contributed by atoms with E-state index in [0.717, 1.165) is 0 Å². The predicted molar refractivity (Wildman–Crippen MR) is 92.2 cm³/mol. The first kappa shape index (κ1) is 18.7. The minimum atomic E-state index is -3.16. The summed E-state index contributed by atoms with van der Waals surface area (Å²) in [7, 11) is -3.16. The number of nitrogens with one attached hydrogen (secondary N) is 2. The molecule has 7 nitrogen and oxygen atoms in total. The Balaban J connectivity index is 1.76. The van der Waals surface area contributed by atoms with Gasteiger partial charge in [-0.05, 0) is 37.0 Å². The van der Waals surface area contributed by atoms with Gasteiger partial charge in [0.15, 0.2) is 0 Å². The lowest BCUT2D eigenvalue weighted by atomic mass is 9.98. The minimum Gasteiger partial charge on any atom is -0.348 e. The number of amides is 2. The fourth-order valence-electron chi connectivity index (χ4n) is 2.52. The van der Waals surface area contributed by atoms with Crippen molar-refractivity contribution >= 4 is 39.1 Å². The van der Waals surface area contributed by atoms with Crippen LogP contribution in [-0.2, 0) is 19.6 Å². The topological polar surface area (TPSA) is 95.6 Å². The summed E-state index contributed by atoms with van der Waals surface area (Å²) < 4.78 is 24.3. The Bertz CT molecular complexity index is 715. The SMILES string of the molecule is CS(=O)(=O)N1CCC(CNC(=O)C(=O)Nc2cccc(Cl)c2)CC1. The number of piperidine rings is 1. The highest BCUT2D eigenvalue weighted by Crippen LogP contribution is 2.18. The molecule has 1 aliphatic heterocycles. The third-order valence-corrected chi connectivity index (χ3v) is 5.42. The number of carbonyl (C=O) groups excluding carboxylic acids is 2. The molecule has 0 atom stereocenters. The van der Waals surface area contributed by atoms with Gasteiger partial charge in [0.1, 0.15) is 0 Å². The van der Waals surface area contributed by atoms with Crippen LogP contribution >= 0.6 is 11.6 Å². The van der Waals surface area contributed by atoms with E-state index in [1.807, 2.05) is 0 Å². The molecule has 2 N–H and O–H groups in total. The molecule has 0 radical (unpaired) electrons. The van der Waals surface area contributed by atoms with Crippen molar-refractivity contribution in [1.29, 1.82) is 0 Å². The second kappa shape index (κ2) is 7.96. The second-order valence-corrected chi connectivity index (χ2v) is 8.20. The van der Waals surface area contributed by atoms with Crippen molar-refractivity contribution in [2.45, 2.75) is 12.8 Å². The molecule has 1 aromatic carbocycles. The molecule has 1 fully saturated rings. The van der Waals surface area contributed by atoms with Gasteiger partial charge in [0, 0.05) is 30.3 Å². The number of sulfonamides is 1. The molecule has 0 unspecified atom stereocenters. The molecule has 0 aromatic heterocycles. The molecule has 0 aliphatic carbocycles. The number of nitrogens with zero attached hydrogens (tertiary/aromatic N) is 1. The second-order valence-electron chi connectivity index (χ2n) is 5.78. The van der Waals surface area contributed by atoms with Gasteiger partial charge in [-0.3, -0.25) is 9.59 Å². The molecule has 2 rings (SSSR count). The maximum atomic E-state index is 11.8. The van der Waals surface area contributed by atoms with Crippen LogP contribution in [0.25, 0.3) is 0 Å². The third kappa shape index (κ3) is 5.47. The Labute approximate surface area is 146 Å². The summed E-state index contributed by atoms with van der Waals surface area (Å²) >= 11 is 5.82. The molecule has 0 saturated carbocycles. The van der Waals surface area contributed by atoms with Gasteiger partial charge in [-0.15, -0.1) is 0 Å². The van der Waals surface area contributed by atoms with Gasteiger partial charge in [-0.2, -0.15) is 0 Å². The highest BCUT2D eigenvalue weighted by Gasteiger charge is 2.25. The minimum absolute atomic E-state index is 0.158. The van der Waals surface area contributed by atoms with Crippen molar-refractivity contribution < 1.29 is 18.0 Å². The van der Waals surface area contributed by atoms with E-state index < -0.39 is 21.8 Å². The Morgan fingerprint density at radius 1 is 1.25 bits per heavy atom. The van der Waals surface area contributed by atoms with E-state index in [4.69, 9.17) is 11.6 Å². The van der Waals surface area contributed by atoms with Crippen molar-refractivity contribution in [2.24, 2.45) is 5.92 Å². The van der Waals surface area contributed by atoms with Crippen molar-refractivity contribution in [2.75, 3.05) is 31.2 Å². The molecular weight excluding hydrogens is 354 g/mol. The van der Waals surface area contributed by atoms with Crippen molar-refractivity contribution in [3.05, 3.63) is 29.3 Å². The summed E-state index contributed by atoms with van der Waals surface area (Å²) in [5, 5.41) is 5.53. The van der Waals surface area contributed by atoms with Crippen molar-refractivity contribution in [3.63, 3.8) is 0 Å². The number of rotatable bonds is 4. The van der Waals surface area contributed by atoms with Crippen LogP contribution < -0.4 is 10.6 Å². The lowest BCUT2D eigenvalue weighted by Crippen LogP contribution is -2.43. The average molecular weight is 374 g/mol. The molecule has 132 valence electrons. The highest BCUT2D eigenvalue weighted by atomic mass is 35.5. The zero-order valence-electron chi connectivity index (χ0n) is 13.3. The quantitative estimate of drug-likeness (QED) is 0.771. The number of benzene rings is 1. The number of hydrogen-bond acceptors (Lipinski definition) is 4. The summed E-state index contributed by atoms with van der Waals surface area (Å²) in [5.41, 5.74) is 0.448. The van der Waals surface area contributed by atoms with Gasteiger partial charge in [0.05, 0.1) is 6.26 Å². The number of halogens is 1. The molecule has 1 heterocycles. The van der Waals surface area contributed by atoms with Crippen LogP contribution in [0.3, 0.4) is 0 Å². The maximum absolute atomic E-state index is 11.8. The maximum Gasteiger partial charge on any atom is 0.313 e.